The number of anilines is 1. The molecule has 1 aliphatic carbocycles. The zero-order chi connectivity index (χ0) is 24.4. The topological polar surface area (TPSA) is 84.9 Å². The molecule has 7 nitrogen and oxygen atoms in total. The minimum absolute atomic E-state index is 0.123. The third kappa shape index (κ3) is 7.21. The van der Waals surface area contributed by atoms with E-state index >= 15 is 0 Å². The van der Waals surface area contributed by atoms with Gasteiger partial charge in [0.1, 0.15) is 12.3 Å². The molecule has 1 amide bonds. The van der Waals surface area contributed by atoms with E-state index in [1.165, 1.54) is 19.3 Å². The second kappa shape index (κ2) is 12.8. The smallest absolute Gasteiger partial charge is 0.264 e. The highest BCUT2D eigenvalue weighted by Crippen LogP contribution is 2.32. The number of hydrogen-bond acceptors (Lipinski definition) is 5. The standard InChI is InChI=1S/C26H36N2O5S/c1-3-32-25-13-8-7-12-24(25)28(34(30,31)23-16-14-21(2)15-17-23)20-26(29)27-18-9-19-33-22-10-5-4-6-11-22/h7-8,12-17,22H,3-6,9-11,18-20H2,1-2H3,(H,27,29). The van der Waals surface area contributed by atoms with Crippen molar-refractivity contribution >= 4 is 21.6 Å². The van der Waals surface area contributed by atoms with Crippen molar-refractivity contribution in [2.75, 3.05) is 30.6 Å². The van der Waals surface area contributed by atoms with Crippen molar-refractivity contribution in [3.8, 4) is 5.75 Å². The minimum Gasteiger partial charge on any atom is -0.492 e. The Hall–Kier alpha value is -2.58. The van der Waals surface area contributed by atoms with Gasteiger partial charge in [-0.2, -0.15) is 0 Å². The number of nitrogens with one attached hydrogen (secondary N) is 1. The van der Waals surface area contributed by atoms with Crippen molar-refractivity contribution in [1.82, 2.24) is 5.32 Å². The molecule has 2 aromatic carbocycles. The summed E-state index contributed by atoms with van der Waals surface area (Å²) in [5.74, 6) is 0.0361. The Balaban J connectivity index is 1.69. The number of carbonyl (C=O) groups excluding carboxylic acids is 1. The van der Waals surface area contributed by atoms with Crippen LogP contribution in [0.4, 0.5) is 5.69 Å². The third-order valence-electron chi connectivity index (χ3n) is 5.88. The van der Waals surface area contributed by atoms with Crippen molar-refractivity contribution in [3.05, 3.63) is 54.1 Å². The molecule has 3 rings (SSSR count). The summed E-state index contributed by atoms with van der Waals surface area (Å²) in [6.07, 6.45) is 6.95. The van der Waals surface area contributed by atoms with Crippen molar-refractivity contribution in [1.29, 1.82) is 0 Å². The van der Waals surface area contributed by atoms with Crippen LogP contribution in [0, 0.1) is 6.92 Å². The van der Waals surface area contributed by atoms with Gasteiger partial charge in [0.05, 0.1) is 23.3 Å². The number of carbonyl (C=O) groups is 1. The van der Waals surface area contributed by atoms with Crippen LogP contribution in [0.25, 0.3) is 0 Å². The molecular formula is C26H36N2O5S. The fourth-order valence-corrected chi connectivity index (χ4v) is 5.48. The number of amides is 1. The van der Waals surface area contributed by atoms with Gasteiger partial charge < -0.3 is 14.8 Å². The van der Waals surface area contributed by atoms with Gasteiger partial charge in [0, 0.05) is 13.2 Å². The first-order chi connectivity index (χ1) is 16.4. The lowest BCUT2D eigenvalue weighted by Crippen LogP contribution is -2.41. The van der Waals surface area contributed by atoms with E-state index in [9.17, 15) is 13.2 Å². The van der Waals surface area contributed by atoms with E-state index in [0.717, 1.165) is 22.7 Å². The molecule has 0 aliphatic heterocycles. The van der Waals surface area contributed by atoms with Crippen LogP contribution >= 0.6 is 0 Å². The Morgan fingerprint density at radius 2 is 1.76 bits per heavy atom. The molecule has 0 radical (unpaired) electrons. The molecule has 2 aromatic rings. The van der Waals surface area contributed by atoms with Crippen LogP contribution in [0.5, 0.6) is 5.75 Å². The molecule has 0 saturated heterocycles. The lowest BCUT2D eigenvalue weighted by molar-refractivity contribution is -0.119. The van der Waals surface area contributed by atoms with Crippen molar-refractivity contribution in [3.63, 3.8) is 0 Å². The van der Waals surface area contributed by atoms with Gasteiger partial charge in [-0.25, -0.2) is 8.42 Å². The van der Waals surface area contributed by atoms with Crippen LogP contribution in [0.2, 0.25) is 0 Å². The van der Waals surface area contributed by atoms with Gasteiger partial charge in [-0.15, -0.1) is 0 Å². The first kappa shape index (κ1) is 26.0. The summed E-state index contributed by atoms with van der Waals surface area (Å²) in [7, 11) is -3.99. The maximum atomic E-state index is 13.6. The molecular weight excluding hydrogens is 452 g/mol. The lowest BCUT2D eigenvalue weighted by Gasteiger charge is -2.26. The second-order valence-corrected chi connectivity index (χ2v) is 10.4. The van der Waals surface area contributed by atoms with E-state index in [4.69, 9.17) is 9.47 Å². The molecule has 0 aromatic heterocycles. The zero-order valence-corrected chi connectivity index (χ0v) is 21.0. The van der Waals surface area contributed by atoms with Gasteiger partial charge >= 0.3 is 0 Å². The average Bonchev–Trinajstić information content (AvgIpc) is 2.84. The van der Waals surface area contributed by atoms with Gasteiger partial charge in [0.2, 0.25) is 5.91 Å². The van der Waals surface area contributed by atoms with Crippen LogP contribution in [0.3, 0.4) is 0 Å². The Morgan fingerprint density at radius 3 is 2.47 bits per heavy atom. The number of hydrogen-bond donors (Lipinski definition) is 1. The highest BCUT2D eigenvalue weighted by molar-refractivity contribution is 7.92. The Bertz CT molecular complexity index is 1020. The summed E-state index contributed by atoms with van der Waals surface area (Å²) in [6.45, 7) is 4.77. The van der Waals surface area contributed by atoms with E-state index in [1.54, 1.807) is 48.5 Å². The fourth-order valence-electron chi connectivity index (χ4n) is 4.05. The lowest BCUT2D eigenvalue weighted by atomic mass is 9.98. The quantitative estimate of drug-likeness (QED) is 0.447. The monoisotopic (exact) mass is 488 g/mol. The number of rotatable bonds is 12. The maximum absolute atomic E-state index is 13.6. The summed E-state index contributed by atoms with van der Waals surface area (Å²) >= 11 is 0. The molecule has 1 aliphatic rings. The van der Waals surface area contributed by atoms with E-state index < -0.39 is 10.0 Å². The average molecular weight is 489 g/mol. The normalized spacial score (nSPS) is 14.5. The van der Waals surface area contributed by atoms with Gasteiger partial charge in [-0.1, -0.05) is 49.1 Å². The van der Waals surface area contributed by atoms with Crippen LogP contribution in [-0.2, 0) is 19.6 Å². The van der Waals surface area contributed by atoms with Gasteiger partial charge in [0.25, 0.3) is 10.0 Å². The highest BCUT2D eigenvalue weighted by Gasteiger charge is 2.29. The predicted octanol–water partition coefficient (Wildman–Crippen LogP) is 4.44. The second-order valence-electron chi connectivity index (χ2n) is 8.56. The molecule has 0 heterocycles. The molecule has 186 valence electrons. The molecule has 0 bridgehead atoms. The van der Waals surface area contributed by atoms with E-state index in [-0.39, 0.29) is 17.3 Å². The maximum Gasteiger partial charge on any atom is 0.264 e. The van der Waals surface area contributed by atoms with Crippen LogP contribution in [0.1, 0.15) is 51.0 Å². The van der Waals surface area contributed by atoms with Crippen LogP contribution in [-0.4, -0.2) is 46.7 Å². The van der Waals surface area contributed by atoms with Crippen LogP contribution < -0.4 is 14.4 Å². The van der Waals surface area contributed by atoms with Crippen molar-refractivity contribution < 1.29 is 22.7 Å². The summed E-state index contributed by atoms with van der Waals surface area (Å²) in [5, 5.41) is 2.84. The largest absolute Gasteiger partial charge is 0.492 e. The first-order valence-electron chi connectivity index (χ1n) is 12.1. The molecule has 1 saturated carbocycles. The Kier molecular flexibility index (Phi) is 9.77. The van der Waals surface area contributed by atoms with Gasteiger partial charge in [0.15, 0.2) is 0 Å². The Labute approximate surface area is 203 Å². The van der Waals surface area contributed by atoms with Crippen molar-refractivity contribution in [2.45, 2.75) is 63.4 Å². The minimum atomic E-state index is -3.99. The number of ether oxygens (including phenoxy) is 2. The first-order valence-corrected chi connectivity index (χ1v) is 13.6. The summed E-state index contributed by atoms with van der Waals surface area (Å²) in [6, 6.07) is 13.5. The molecule has 0 atom stereocenters. The van der Waals surface area contributed by atoms with E-state index in [0.29, 0.717) is 43.7 Å². The molecule has 8 heteroatoms. The summed E-state index contributed by atoms with van der Waals surface area (Å²) in [5.41, 5.74) is 1.29. The SMILES string of the molecule is CCOc1ccccc1N(CC(=O)NCCCOC1CCCCC1)S(=O)(=O)c1ccc(C)cc1. The third-order valence-corrected chi connectivity index (χ3v) is 7.65. The van der Waals surface area contributed by atoms with E-state index in [2.05, 4.69) is 5.32 Å². The molecule has 0 unspecified atom stereocenters. The molecule has 1 N–H and O–H groups in total. The molecule has 1 fully saturated rings. The van der Waals surface area contributed by atoms with Crippen molar-refractivity contribution in [2.24, 2.45) is 0 Å². The van der Waals surface area contributed by atoms with Crippen LogP contribution in [0.15, 0.2) is 53.4 Å². The number of sulfonamides is 1. The van der Waals surface area contributed by atoms with Gasteiger partial charge in [-0.3, -0.25) is 9.10 Å². The van der Waals surface area contributed by atoms with Gasteiger partial charge in [-0.05, 0) is 57.4 Å². The number of benzene rings is 2. The molecule has 34 heavy (non-hydrogen) atoms. The number of nitrogens with zero attached hydrogens (tertiary/aromatic N) is 1. The predicted molar refractivity (Wildman–Crippen MR) is 134 cm³/mol. The number of aryl methyl sites for hydroxylation is 1. The fraction of sp³-hybridized carbons (Fsp3) is 0.500. The Morgan fingerprint density at radius 1 is 1.06 bits per heavy atom. The molecule has 0 spiro atoms. The zero-order valence-electron chi connectivity index (χ0n) is 20.2. The number of para-hydroxylation sites is 2. The highest BCUT2D eigenvalue weighted by atomic mass is 32.2. The summed E-state index contributed by atoms with van der Waals surface area (Å²) < 4.78 is 39.8. The summed E-state index contributed by atoms with van der Waals surface area (Å²) in [4.78, 5) is 12.9. The van der Waals surface area contributed by atoms with E-state index in [1.807, 2.05) is 13.8 Å².